The molecule has 2 aromatic rings. The minimum atomic E-state index is -0.0421. The molecule has 2 rings (SSSR count). The fourth-order valence-corrected chi connectivity index (χ4v) is 2.10. The van der Waals surface area contributed by atoms with Gasteiger partial charge in [-0.2, -0.15) is 5.10 Å². The summed E-state index contributed by atoms with van der Waals surface area (Å²) < 4.78 is 7.68. The summed E-state index contributed by atoms with van der Waals surface area (Å²) in [5, 5.41) is 10.8. The summed E-state index contributed by atoms with van der Waals surface area (Å²) >= 11 is 0. The maximum absolute atomic E-state index is 5.77. The van der Waals surface area contributed by atoms with Crippen molar-refractivity contribution >= 4 is 5.96 Å². The zero-order chi connectivity index (χ0) is 17.6. The Morgan fingerprint density at radius 2 is 2.08 bits per heavy atom. The van der Waals surface area contributed by atoms with Crippen molar-refractivity contribution in [3.63, 3.8) is 0 Å². The largest absolute Gasteiger partial charge is 0.443 e. The van der Waals surface area contributed by atoms with Crippen molar-refractivity contribution < 1.29 is 4.42 Å². The summed E-state index contributed by atoms with van der Waals surface area (Å²) in [6.45, 7) is 13.1. The summed E-state index contributed by atoms with van der Waals surface area (Å²) in [6, 6.07) is 0. The van der Waals surface area contributed by atoms with Crippen LogP contribution in [0.1, 0.15) is 44.9 Å². The highest BCUT2D eigenvalue weighted by Crippen LogP contribution is 2.22. The lowest BCUT2D eigenvalue weighted by molar-refractivity contribution is 0.383. The van der Waals surface area contributed by atoms with E-state index in [0.29, 0.717) is 12.4 Å². The highest BCUT2D eigenvalue weighted by molar-refractivity contribution is 5.79. The molecule has 132 valence electrons. The second-order valence-electron chi connectivity index (χ2n) is 6.77. The van der Waals surface area contributed by atoms with Crippen molar-refractivity contribution in [1.82, 2.24) is 25.4 Å². The van der Waals surface area contributed by atoms with Crippen molar-refractivity contribution in [3.05, 3.63) is 35.8 Å². The van der Waals surface area contributed by atoms with Gasteiger partial charge in [-0.25, -0.2) is 9.98 Å². The smallest absolute Gasteiger partial charge is 0.216 e. The summed E-state index contributed by atoms with van der Waals surface area (Å²) in [5.74, 6) is 2.25. The molecule has 0 bridgehead atoms. The van der Waals surface area contributed by atoms with Crippen LogP contribution in [0, 0.1) is 6.92 Å². The molecule has 0 saturated heterocycles. The number of hydrogen-bond donors (Lipinski definition) is 2. The molecule has 0 atom stereocenters. The summed E-state index contributed by atoms with van der Waals surface area (Å²) in [4.78, 5) is 8.83. The average molecular weight is 332 g/mol. The highest BCUT2D eigenvalue weighted by Gasteiger charge is 2.18. The minimum Gasteiger partial charge on any atom is -0.443 e. The summed E-state index contributed by atoms with van der Waals surface area (Å²) in [6.07, 6.45) is 5.66. The number of aryl methyl sites for hydroxylation is 1. The van der Waals surface area contributed by atoms with Crippen molar-refractivity contribution in [2.24, 2.45) is 4.99 Å². The molecule has 0 radical (unpaired) electrons. The number of aliphatic imine (C=N–C) groups is 1. The van der Waals surface area contributed by atoms with Crippen molar-refractivity contribution in [3.8, 4) is 0 Å². The van der Waals surface area contributed by atoms with Crippen LogP contribution in [0.3, 0.4) is 0 Å². The predicted octanol–water partition coefficient (Wildman–Crippen LogP) is 2.23. The Bertz CT molecular complexity index is 665. The second-order valence-corrected chi connectivity index (χ2v) is 6.77. The monoisotopic (exact) mass is 332 g/mol. The molecule has 0 fully saturated rings. The number of nitrogens with zero attached hydrogens (tertiary/aromatic N) is 4. The molecule has 2 N–H and O–H groups in total. The van der Waals surface area contributed by atoms with Crippen LogP contribution in [-0.4, -0.2) is 33.8 Å². The van der Waals surface area contributed by atoms with E-state index in [1.807, 2.05) is 30.9 Å². The van der Waals surface area contributed by atoms with Crippen LogP contribution in [-0.2, 0) is 18.5 Å². The Hall–Kier alpha value is -2.31. The van der Waals surface area contributed by atoms with Gasteiger partial charge in [-0.1, -0.05) is 20.8 Å². The minimum absolute atomic E-state index is 0.0421. The van der Waals surface area contributed by atoms with Crippen molar-refractivity contribution in [2.75, 3.05) is 13.1 Å². The molecule has 0 saturated carbocycles. The van der Waals surface area contributed by atoms with Crippen LogP contribution in [0.25, 0.3) is 0 Å². The van der Waals surface area contributed by atoms with Crippen LogP contribution < -0.4 is 10.6 Å². The molecule has 0 amide bonds. The molecule has 0 aliphatic rings. The molecule has 2 aromatic heterocycles. The quantitative estimate of drug-likeness (QED) is 0.626. The molecule has 0 spiro atoms. The van der Waals surface area contributed by atoms with E-state index in [2.05, 4.69) is 46.5 Å². The number of aromatic nitrogens is 3. The van der Waals surface area contributed by atoms with Gasteiger partial charge in [0, 0.05) is 24.7 Å². The third-order valence-corrected chi connectivity index (χ3v) is 3.41. The number of oxazole rings is 1. The molecule has 0 aromatic carbocycles. The van der Waals surface area contributed by atoms with Gasteiger partial charge in [0.2, 0.25) is 5.89 Å². The van der Waals surface area contributed by atoms with Crippen molar-refractivity contribution in [2.45, 2.75) is 53.1 Å². The highest BCUT2D eigenvalue weighted by atomic mass is 16.4. The van der Waals surface area contributed by atoms with Gasteiger partial charge in [0.1, 0.15) is 12.3 Å². The van der Waals surface area contributed by atoms with Gasteiger partial charge in [0.25, 0.3) is 0 Å². The third kappa shape index (κ3) is 5.40. The molecule has 2 heterocycles. The predicted molar refractivity (Wildman–Crippen MR) is 95.0 cm³/mol. The lowest BCUT2D eigenvalue weighted by Crippen LogP contribution is -2.38. The molecule has 24 heavy (non-hydrogen) atoms. The first-order chi connectivity index (χ1) is 11.4. The second kappa shape index (κ2) is 7.99. The maximum Gasteiger partial charge on any atom is 0.216 e. The SMILES string of the molecule is CCNC(=NCc1ncc(C(C)(C)C)o1)NCCn1cc(C)cn1. The number of hydrogen-bond acceptors (Lipinski definition) is 4. The van der Waals surface area contributed by atoms with E-state index in [1.54, 1.807) is 6.20 Å². The first kappa shape index (κ1) is 18.0. The van der Waals surface area contributed by atoms with Crippen LogP contribution in [0.4, 0.5) is 0 Å². The fraction of sp³-hybridized carbons (Fsp3) is 0.588. The Labute approximate surface area is 143 Å². The lowest BCUT2D eigenvalue weighted by Gasteiger charge is -2.13. The molecule has 7 nitrogen and oxygen atoms in total. The summed E-state index contributed by atoms with van der Waals surface area (Å²) in [7, 11) is 0. The molecular weight excluding hydrogens is 304 g/mol. The van der Waals surface area contributed by atoms with Gasteiger partial charge < -0.3 is 15.1 Å². The van der Waals surface area contributed by atoms with Crippen LogP contribution >= 0.6 is 0 Å². The van der Waals surface area contributed by atoms with E-state index in [1.165, 1.54) is 0 Å². The van der Waals surface area contributed by atoms with E-state index in [4.69, 9.17) is 4.42 Å². The maximum atomic E-state index is 5.77. The van der Waals surface area contributed by atoms with Gasteiger partial charge in [0.15, 0.2) is 5.96 Å². The van der Waals surface area contributed by atoms with Gasteiger partial charge in [-0.15, -0.1) is 0 Å². The Kier molecular flexibility index (Phi) is 6.00. The van der Waals surface area contributed by atoms with Gasteiger partial charge >= 0.3 is 0 Å². The van der Waals surface area contributed by atoms with Crippen LogP contribution in [0.15, 0.2) is 28.0 Å². The van der Waals surface area contributed by atoms with Crippen molar-refractivity contribution in [1.29, 1.82) is 0 Å². The third-order valence-electron chi connectivity index (χ3n) is 3.41. The van der Waals surface area contributed by atoms with Crippen LogP contribution in [0.2, 0.25) is 0 Å². The van der Waals surface area contributed by atoms with E-state index in [0.717, 1.165) is 36.9 Å². The topological polar surface area (TPSA) is 80.3 Å². The molecule has 0 unspecified atom stereocenters. The van der Waals surface area contributed by atoms with E-state index < -0.39 is 0 Å². The first-order valence-corrected chi connectivity index (χ1v) is 8.35. The van der Waals surface area contributed by atoms with E-state index in [-0.39, 0.29) is 5.41 Å². The standard InChI is InChI=1S/C17H28N6O/c1-6-18-16(19-7-8-23-12-13(2)9-22-23)21-11-15-20-10-14(24-15)17(3,4)5/h9-10,12H,6-8,11H2,1-5H3,(H2,18,19,21). The Morgan fingerprint density at radius 1 is 1.29 bits per heavy atom. The van der Waals surface area contributed by atoms with E-state index in [9.17, 15) is 0 Å². The zero-order valence-electron chi connectivity index (χ0n) is 15.3. The Balaban J connectivity index is 1.89. The lowest BCUT2D eigenvalue weighted by atomic mass is 9.94. The Morgan fingerprint density at radius 3 is 2.67 bits per heavy atom. The number of nitrogens with one attached hydrogen (secondary N) is 2. The fourth-order valence-electron chi connectivity index (χ4n) is 2.10. The molecule has 0 aliphatic heterocycles. The van der Waals surface area contributed by atoms with Gasteiger partial charge in [-0.3, -0.25) is 4.68 Å². The first-order valence-electron chi connectivity index (χ1n) is 8.35. The average Bonchev–Trinajstić information content (AvgIpc) is 3.13. The van der Waals surface area contributed by atoms with Gasteiger partial charge in [-0.05, 0) is 19.4 Å². The van der Waals surface area contributed by atoms with E-state index >= 15 is 0 Å². The summed E-state index contributed by atoms with van der Waals surface area (Å²) in [5.41, 5.74) is 1.12. The number of guanidine groups is 1. The molecular formula is C17H28N6O. The molecule has 0 aliphatic carbocycles. The van der Waals surface area contributed by atoms with Gasteiger partial charge in [0.05, 0.1) is 18.9 Å². The van der Waals surface area contributed by atoms with Crippen LogP contribution in [0.5, 0.6) is 0 Å². The number of rotatable bonds is 6. The normalized spacial score (nSPS) is 12.5. The zero-order valence-corrected chi connectivity index (χ0v) is 15.3. The molecule has 7 heteroatoms.